The van der Waals surface area contributed by atoms with Crippen LogP contribution in [0.25, 0.3) is 0 Å². The van der Waals surface area contributed by atoms with Gasteiger partial charge in [-0.3, -0.25) is 9.59 Å². The Labute approximate surface area is 109 Å². The van der Waals surface area contributed by atoms with E-state index < -0.39 is 11.8 Å². The lowest BCUT2D eigenvalue weighted by Gasteiger charge is -2.24. The van der Waals surface area contributed by atoms with Crippen LogP contribution in [-0.4, -0.2) is 30.0 Å². The van der Waals surface area contributed by atoms with Crippen LogP contribution in [0, 0.1) is 0 Å². The summed E-state index contributed by atoms with van der Waals surface area (Å²) in [6.45, 7) is -0.612. The third-order valence-corrected chi connectivity index (χ3v) is 2.48. The summed E-state index contributed by atoms with van der Waals surface area (Å²) in [6, 6.07) is 4.73. The molecular formula is C11H14ClN3O3. The van der Waals surface area contributed by atoms with Crippen molar-refractivity contribution in [2.75, 3.05) is 18.0 Å². The molecule has 0 fully saturated rings. The van der Waals surface area contributed by atoms with Gasteiger partial charge in [0.1, 0.15) is 0 Å². The van der Waals surface area contributed by atoms with E-state index in [4.69, 9.17) is 23.1 Å². The summed E-state index contributed by atoms with van der Waals surface area (Å²) in [5, 5.41) is 9.69. The van der Waals surface area contributed by atoms with Crippen LogP contribution in [0.3, 0.4) is 0 Å². The summed E-state index contributed by atoms with van der Waals surface area (Å²) in [5.41, 5.74) is 11.2. The third kappa shape index (κ3) is 3.90. The summed E-state index contributed by atoms with van der Waals surface area (Å²) < 4.78 is 0. The normalized spacial score (nSPS) is 10.1. The third-order valence-electron chi connectivity index (χ3n) is 2.25. The van der Waals surface area contributed by atoms with Crippen LogP contribution < -0.4 is 16.4 Å². The number of primary amides is 2. The van der Waals surface area contributed by atoms with Crippen LogP contribution >= 0.6 is 11.6 Å². The van der Waals surface area contributed by atoms with Crippen LogP contribution in [0.5, 0.6) is 0 Å². The number of halogens is 1. The minimum absolute atomic E-state index is 0.169. The number of nitrogens with two attached hydrogens (primary N) is 2. The Hall–Kier alpha value is -1.79. The number of nitrogens with zero attached hydrogens (tertiary/aromatic N) is 1. The lowest BCUT2D eigenvalue weighted by molar-refractivity contribution is -0.117. The van der Waals surface area contributed by atoms with Crippen molar-refractivity contribution in [3.8, 4) is 0 Å². The van der Waals surface area contributed by atoms with E-state index in [1.807, 2.05) is 0 Å². The number of rotatable bonds is 6. The van der Waals surface area contributed by atoms with Gasteiger partial charge in [0.25, 0.3) is 0 Å². The smallest absolute Gasteiger partial charge is 0.236 e. The number of aliphatic hydroxyl groups excluding tert-OH is 1. The lowest BCUT2D eigenvalue weighted by Crippen LogP contribution is -2.40. The van der Waals surface area contributed by atoms with Crippen molar-refractivity contribution in [3.05, 3.63) is 28.8 Å². The van der Waals surface area contributed by atoms with Crippen LogP contribution in [0.1, 0.15) is 5.56 Å². The molecule has 0 aliphatic heterocycles. The van der Waals surface area contributed by atoms with Gasteiger partial charge in [-0.2, -0.15) is 0 Å². The Morgan fingerprint density at radius 1 is 1.22 bits per heavy atom. The zero-order chi connectivity index (χ0) is 13.7. The first kappa shape index (κ1) is 14.3. The van der Waals surface area contributed by atoms with Crippen molar-refractivity contribution in [2.24, 2.45) is 11.5 Å². The minimum Gasteiger partial charge on any atom is -0.392 e. The molecule has 0 radical (unpaired) electrons. The van der Waals surface area contributed by atoms with Gasteiger partial charge in [-0.25, -0.2) is 0 Å². The molecule has 0 atom stereocenters. The summed E-state index contributed by atoms with van der Waals surface area (Å²) in [5.74, 6) is -1.20. The predicted octanol–water partition coefficient (Wildman–Crippen LogP) is -0.391. The molecule has 6 nitrogen and oxygen atoms in total. The molecule has 1 rings (SSSR count). The van der Waals surface area contributed by atoms with E-state index in [1.165, 1.54) is 4.90 Å². The molecule has 0 spiro atoms. The number of amides is 2. The van der Waals surface area contributed by atoms with Gasteiger partial charge in [0.2, 0.25) is 11.8 Å². The van der Waals surface area contributed by atoms with E-state index in [2.05, 4.69) is 0 Å². The van der Waals surface area contributed by atoms with Crippen LogP contribution in [0.15, 0.2) is 18.2 Å². The standard InChI is InChI=1S/C11H14ClN3O3/c12-8-1-2-9(7(3-8)6-16)15(4-10(13)17)5-11(14)18/h1-3,16H,4-6H2,(H2,13,17)(H2,14,18). The van der Waals surface area contributed by atoms with Gasteiger partial charge in [0.05, 0.1) is 19.7 Å². The number of benzene rings is 1. The SMILES string of the molecule is NC(=O)CN(CC(N)=O)c1ccc(Cl)cc1CO. The number of carbonyl (C=O) groups excluding carboxylic acids is 2. The van der Waals surface area contributed by atoms with Crippen LogP contribution in [0.4, 0.5) is 5.69 Å². The molecule has 1 aromatic carbocycles. The highest BCUT2D eigenvalue weighted by molar-refractivity contribution is 6.30. The van der Waals surface area contributed by atoms with Gasteiger partial charge >= 0.3 is 0 Å². The summed E-state index contributed by atoms with van der Waals surface area (Å²) >= 11 is 5.80. The van der Waals surface area contributed by atoms with Crippen molar-refractivity contribution in [1.82, 2.24) is 0 Å². The van der Waals surface area contributed by atoms with Crippen molar-refractivity contribution in [2.45, 2.75) is 6.61 Å². The molecule has 0 aliphatic carbocycles. The second kappa shape index (κ2) is 6.23. The zero-order valence-corrected chi connectivity index (χ0v) is 10.4. The van der Waals surface area contributed by atoms with E-state index in [0.29, 0.717) is 16.3 Å². The Balaban J connectivity index is 3.10. The quantitative estimate of drug-likeness (QED) is 0.654. The maximum Gasteiger partial charge on any atom is 0.236 e. The number of aliphatic hydroxyl groups is 1. The van der Waals surface area contributed by atoms with E-state index in [1.54, 1.807) is 18.2 Å². The van der Waals surface area contributed by atoms with Crippen LogP contribution in [0.2, 0.25) is 5.02 Å². The zero-order valence-electron chi connectivity index (χ0n) is 9.60. The lowest BCUT2D eigenvalue weighted by atomic mass is 10.1. The molecule has 0 saturated carbocycles. The molecule has 0 aliphatic rings. The molecule has 0 bridgehead atoms. The average molecular weight is 272 g/mol. The van der Waals surface area contributed by atoms with E-state index in [0.717, 1.165) is 0 Å². The number of carbonyl (C=O) groups is 2. The monoisotopic (exact) mass is 271 g/mol. The predicted molar refractivity (Wildman–Crippen MR) is 68.0 cm³/mol. The molecule has 0 unspecified atom stereocenters. The first-order chi connectivity index (χ1) is 8.43. The average Bonchev–Trinajstić information content (AvgIpc) is 2.26. The van der Waals surface area contributed by atoms with Gasteiger partial charge < -0.3 is 21.5 Å². The minimum atomic E-state index is -0.602. The second-order valence-electron chi connectivity index (χ2n) is 3.72. The Morgan fingerprint density at radius 3 is 2.22 bits per heavy atom. The maximum atomic E-state index is 11.0. The topological polar surface area (TPSA) is 110 Å². The summed E-state index contributed by atoms with van der Waals surface area (Å²) in [4.78, 5) is 23.3. The molecule has 98 valence electrons. The fourth-order valence-electron chi connectivity index (χ4n) is 1.59. The van der Waals surface area contributed by atoms with Gasteiger partial charge in [-0.1, -0.05) is 11.6 Å². The Bertz CT molecular complexity index is 449. The molecule has 0 aromatic heterocycles. The molecule has 1 aromatic rings. The highest BCUT2D eigenvalue weighted by Gasteiger charge is 2.15. The molecular weight excluding hydrogens is 258 g/mol. The van der Waals surface area contributed by atoms with Gasteiger partial charge in [-0.15, -0.1) is 0 Å². The van der Waals surface area contributed by atoms with Crippen LogP contribution in [-0.2, 0) is 16.2 Å². The number of anilines is 1. The van der Waals surface area contributed by atoms with Crippen molar-refractivity contribution in [3.63, 3.8) is 0 Å². The second-order valence-corrected chi connectivity index (χ2v) is 4.16. The fourth-order valence-corrected chi connectivity index (χ4v) is 1.79. The highest BCUT2D eigenvalue weighted by Crippen LogP contribution is 2.24. The summed E-state index contributed by atoms with van der Waals surface area (Å²) in [7, 11) is 0. The van der Waals surface area contributed by atoms with E-state index >= 15 is 0 Å². The first-order valence-electron chi connectivity index (χ1n) is 5.15. The van der Waals surface area contributed by atoms with E-state index in [-0.39, 0.29) is 19.7 Å². The largest absolute Gasteiger partial charge is 0.392 e. The van der Waals surface area contributed by atoms with Crippen molar-refractivity contribution in [1.29, 1.82) is 0 Å². The van der Waals surface area contributed by atoms with Gasteiger partial charge in [-0.05, 0) is 18.2 Å². The summed E-state index contributed by atoms with van der Waals surface area (Å²) in [6.07, 6.45) is 0. The van der Waals surface area contributed by atoms with Crippen molar-refractivity contribution >= 4 is 29.1 Å². The maximum absolute atomic E-state index is 11.0. The number of hydrogen-bond acceptors (Lipinski definition) is 4. The first-order valence-corrected chi connectivity index (χ1v) is 5.52. The molecule has 0 saturated heterocycles. The Kier molecular flexibility index (Phi) is 4.94. The molecule has 5 N–H and O–H groups in total. The highest BCUT2D eigenvalue weighted by atomic mass is 35.5. The van der Waals surface area contributed by atoms with Crippen molar-refractivity contribution < 1.29 is 14.7 Å². The Morgan fingerprint density at radius 2 is 1.78 bits per heavy atom. The molecule has 7 heteroatoms. The van der Waals surface area contributed by atoms with E-state index in [9.17, 15) is 14.7 Å². The fraction of sp³-hybridized carbons (Fsp3) is 0.273. The van der Waals surface area contributed by atoms with Gasteiger partial charge in [0, 0.05) is 16.3 Å². The molecule has 2 amide bonds. The van der Waals surface area contributed by atoms with Gasteiger partial charge in [0.15, 0.2) is 0 Å². The molecule has 0 heterocycles. The number of hydrogen-bond donors (Lipinski definition) is 3. The molecule has 18 heavy (non-hydrogen) atoms.